The molecule has 0 aromatic carbocycles. The molecular weight excluding hydrogens is 200 g/mol. The van der Waals surface area contributed by atoms with Crippen LogP contribution in [0.3, 0.4) is 0 Å². The maximum absolute atomic E-state index is 11.2. The number of aliphatic hydroxyl groups is 1. The second kappa shape index (κ2) is 5.26. The van der Waals surface area contributed by atoms with Crippen molar-refractivity contribution in [3.8, 4) is 0 Å². The van der Waals surface area contributed by atoms with Gasteiger partial charge in [0.15, 0.2) is 5.69 Å². The first-order chi connectivity index (χ1) is 7.15. The van der Waals surface area contributed by atoms with E-state index < -0.39 is 5.97 Å². The molecule has 1 aromatic rings. The Kier molecular flexibility index (Phi) is 3.99. The molecule has 0 aliphatic heterocycles. The zero-order chi connectivity index (χ0) is 11.3. The number of aryl methyl sites for hydroxylation is 1. The van der Waals surface area contributed by atoms with E-state index in [0.717, 1.165) is 4.68 Å². The number of nitrogens with zero attached hydrogens (tertiary/aromatic N) is 2. The number of carboxylic acids is 1. The van der Waals surface area contributed by atoms with Crippen LogP contribution in [0.25, 0.3) is 0 Å². The minimum Gasteiger partial charge on any atom is -0.476 e. The molecule has 1 rings (SSSR count). The summed E-state index contributed by atoms with van der Waals surface area (Å²) in [6.45, 7) is 0.369. The molecule has 0 fully saturated rings. The third kappa shape index (κ3) is 3.17. The van der Waals surface area contributed by atoms with Gasteiger partial charge in [0.1, 0.15) is 0 Å². The number of hydrogen-bond acceptors (Lipinski definition) is 4. The van der Waals surface area contributed by atoms with Gasteiger partial charge in [0.05, 0.1) is 0 Å². The van der Waals surface area contributed by atoms with Gasteiger partial charge in [0, 0.05) is 19.2 Å². The Hall–Kier alpha value is -1.69. The van der Waals surface area contributed by atoms with Crippen LogP contribution in [-0.4, -0.2) is 32.6 Å². The van der Waals surface area contributed by atoms with Crippen molar-refractivity contribution in [1.82, 2.24) is 9.78 Å². The topological polar surface area (TPSA) is 92.4 Å². The summed E-state index contributed by atoms with van der Waals surface area (Å²) in [4.78, 5) is 21.8. The number of aromatic carboxylic acids is 1. The molecule has 6 heteroatoms. The van der Waals surface area contributed by atoms with Crippen molar-refractivity contribution in [2.45, 2.75) is 19.4 Å². The van der Waals surface area contributed by atoms with E-state index in [2.05, 4.69) is 5.10 Å². The van der Waals surface area contributed by atoms with Gasteiger partial charge >= 0.3 is 5.97 Å². The lowest BCUT2D eigenvalue weighted by molar-refractivity contribution is 0.0687. The van der Waals surface area contributed by atoms with E-state index in [0.29, 0.717) is 19.4 Å². The van der Waals surface area contributed by atoms with Gasteiger partial charge < -0.3 is 10.2 Å². The summed E-state index contributed by atoms with van der Waals surface area (Å²) in [6, 6.07) is 2.35. The van der Waals surface area contributed by atoms with E-state index in [-0.39, 0.29) is 17.9 Å². The lowest BCUT2D eigenvalue weighted by Gasteiger charge is -2.03. The van der Waals surface area contributed by atoms with Crippen LogP contribution in [0.2, 0.25) is 0 Å². The van der Waals surface area contributed by atoms with Crippen LogP contribution in [0.5, 0.6) is 0 Å². The predicted molar refractivity (Wildman–Crippen MR) is 51.8 cm³/mol. The van der Waals surface area contributed by atoms with Crippen molar-refractivity contribution in [3.05, 3.63) is 28.2 Å². The van der Waals surface area contributed by atoms with Crippen LogP contribution in [0, 0.1) is 0 Å². The van der Waals surface area contributed by atoms with E-state index >= 15 is 0 Å². The largest absolute Gasteiger partial charge is 0.476 e. The Labute approximate surface area is 85.8 Å². The Morgan fingerprint density at radius 1 is 1.40 bits per heavy atom. The van der Waals surface area contributed by atoms with Crippen LogP contribution in [-0.2, 0) is 6.54 Å². The van der Waals surface area contributed by atoms with Gasteiger partial charge in [-0.1, -0.05) is 0 Å². The van der Waals surface area contributed by atoms with Crippen molar-refractivity contribution in [3.63, 3.8) is 0 Å². The zero-order valence-electron chi connectivity index (χ0n) is 8.09. The molecule has 0 amide bonds. The fourth-order valence-electron chi connectivity index (χ4n) is 1.10. The van der Waals surface area contributed by atoms with Gasteiger partial charge in [0.2, 0.25) is 0 Å². The number of rotatable bonds is 5. The monoisotopic (exact) mass is 212 g/mol. The van der Waals surface area contributed by atoms with Crippen LogP contribution in [0.4, 0.5) is 0 Å². The highest BCUT2D eigenvalue weighted by Crippen LogP contribution is 1.93. The second-order valence-corrected chi connectivity index (χ2v) is 3.02. The summed E-state index contributed by atoms with van der Waals surface area (Å²) in [6.07, 6.45) is 1.15. The van der Waals surface area contributed by atoms with Gasteiger partial charge in [-0.05, 0) is 18.9 Å². The first kappa shape index (κ1) is 11.4. The molecule has 0 atom stereocenters. The second-order valence-electron chi connectivity index (χ2n) is 3.02. The number of carbonyl (C=O) groups is 1. The molecule has 2 N–H and O–H groups in total. The molecule has 1 heterocycles. The van der Waals surface area contributed by atoms with Crippen LogP contribution in [0.1, 0.15) is 23.3 Å². The van der Waals surface area contributed by atoms with Crippen molar-refractivity contribution >= 4 is 5.97 Å². The Morgan fingerprint density at radius 2 is 2.13 bits per heavy atom. The quantitative estimate of drug-likeness (QED) is 0.654. The molecule has 6 nitrogen and oxygen atoms in total. The SMILES string of the molecule is O=C(O)c1ccc(=O)n(CCCCO)n1. The Morgan fingerprint density at radius 3 is 2.73 bits per heavy atom. The highest BCUT2D eigenvalue weighted by Gasteiger charge is 2.06. The molecule has 0 saturated heterocycles. The molecule has 0 radical (unpaired) electrons. The minimum absolute atomic E-state index is 0.0490. The summed E-state index contributed by atoms with van der Waals surface area (Å²) in [5.74, 6) is -1.16. The Bertz CT molecular complexity index is 399. The van der Waals surface area contributed by atoms with Crippen molar-refractivity contribution < 1.29 is 15.0 Å². The molecule has 0 saturated carbocycles. The van der Waals surface area contributed by atoms with Crippen LogP contribution in [0.15, 0.2) is 16.9 Å². The molecular formula is C9H12N2O4. The van der Waals surface area contributed by atoms with Gasteiger partial charge in [-0.2, -0.15) is 5.10 Å². The maximum atomic E-state index is 11.2. The van der Waals surface area contributed by atoms with E-state index in [9.17, 15) is 9.59 Å². The summed E-state index contributed by atoms with van der Waals surface area (Å²) in [5, 5.41) is 20.9. The smallest absolute Gasteiger partial charge is 0.356 e. The highest BCUT2D eigenvalue weighted by atomic mass is 16.4. The molecule has 0 aliphatic rings. The van der Waals surface area contributed by atoms with Crippen molar-refractivity contribution in [1.29, 1.82) is 0 Å². The predicted octanol–water partition coefficient (Wildman–Crippen LogP) is -0.286. The number of hydrogen-bond donors (Lipinski definition) is 2. The van der Waals surface area contributed by atoms with E-state index in [1.807, 2.05) is 0 Å². The number of carboxylic acid groups (broad SMARTS) is 1. The number of aliphatic hydroxyl groups excluding tert-OH is 1. The molecule has 15 heavy (non-hydrogen) atoms. The lowest BCUT2D eigenvalue weighted by atomic mass is 10.3. The first-order valence-corrected chi connectivity index (χ1v) is 4.57. The molecule has 1 aromatic heterocycles. The van der Waals surface area contributed by atoms with E-state index in [1.54, 1.807) is 0 Å². The van der Waals surface area contributed by atoms with Gasteiger partial charge in [-0.15, -0.1) is 0 Å². The van der Waals surface area contributed by atoms with Gasteiger partial charge in [-0.25, -0.2) is 9.48 Å². The van der Waals surface area contributed by atoms with Gasteiger partial charge in [-0.3, -0.25) is 4.79 Å². The average molecular weight is 212 g/mol. The fourth-order valence-corrected chi connectivity index (χ4v) is 1.10. The normalized spacial score (nSPS) is 10.2. The molecule has 0 spiro atoms. The molecule has 82 valence electrons. The summed E-state index contributed by atoms with van der Waals surface area (Å²) in [7, 11) is 0. The summed E-state index contributed by atoms with van der Waals surface area (Å²) >= 11 is 0. The van der Waals surface area contributed by atoms with E-state index in [1.165, 1.54) is 12.1 Å². The number of aromatic nitrogens is 2. The zero-order valence-corrected chi connectivity index (χ0v) is 8.09. The molecule has 0 bridgehead atoms. The van der Waals surface area contributed by atoms with Crippen LogP contribution >= 0.6 is 0 Å². The standard InChI is InChI=1S/C9H12N2O4/c12-6-2-1-5-11-8(13)4-3-7(10-11)9(14)15/h3-4,12H,1-2,5-6H2,(H,14,15). The van der Waals surface area contributed by atoms with Crippen LogP contribution < -0.4 is 5.56 Å². The molecule has 0 aliphatic carbocycles. The Balaban J connectivity index is 2.81. The first-order valence-electron chi connectivity index (χ1n) is 4.57. The fraction of sp³-hybridized carbons (Fsp3) is 0.444. The third-order valence-electron chi connectivity index (χ3n) is 1.86. The van der Waals surface area contributed by atoms with Crippen molar-refractivity contribution in [2.75, 3.05) is 6.61 Å². The lowest BCUT2D eigenvalue weighted by Crippen LogP contribution is -2.24. The molecule has 0 unspecified atom stereocenters. The van der Waals surface area contributed by atoms with E-state index in [4.69, 9.17) is 10.2 Å². The maximum Gasteiger partial charge on any atom is 0.356 e. The minimum atomic E-state index is -1.16. The summed E-state index contributed by atoms with van der Waals surface area (Å²) < 4.78 is 1.10. The van der Waals surface area contributed by atoms with Gasteiger partial charge in [0.25, 0.3) is 5.56 Å². The van der Waals surface area contributed by atoms with Crippen molar-refractivity contribution in [2.24, 2.45) is 0 Å². The average Bonchev–Trinajstić information content (AvgIpc) is 2.20. The third-order valence-corrected chi connectivity index (χ3v) is 1.86. The number of unbranched alkanes of at least 4 members (excludes halogenated alkanes) is 1. The summed E-state index contributed by atoms with van der Waals surface area (Å²) in [5.41, 5.74) is -0.489. The highest BCUT2D eigenvalue weighted by molar-refractivity contribution is 5.84.